The predicted molar refractivity (Wildman–Crippen MR) is 132 cm³/mol. The zero-order valence-electron chi connectivity index (χ0n) is 21.4. The van der Waals surface area contributed by atoms with Crippen LogP contribution in [0.15, 0.2) is 12.4 Å². The SMILES string of the molecule is C[C@@]1(O)CCC[C@@]2(C)[C@H](CC[C@@H]3[C@@H]2CC[C@]2(C)[C@H](C(=O)Cn4cc(C#N)cn4)CCCC[C@@H]32)C1. The Kier molecular flexibility index (Phi) is 6.20. The lowest BCUT2D eigenvalue weighted by molar-refractivity contribution is -0.144. The maximum Gasteiger partial charge on any atom is 0.157 e. The fourth-order valence-electron chi connectivity index (χ4n) is 9.42. The molecule has 4 saturated carbocycles. The molecule has 4 fully saturated rings. The van der Waals surface area contributed by atoms with Gasteiger partial charge in [-0.1, -0.05) is 33.1 Å². The number of ketones is 1. The molecule has 0 saturated heterocycles. The highest BCUT2D eigenvalue weighted by Crippen LogP contribution is 2.66. The Hall–Kier alpha value is -1.67. The molecular weight excluding hydrogens is 422 g/mol. The van der Waals surface area contributed by atoms with Gasteiger partial charge in [0.05, 0.1) is 23.9 Å². The molecule has 5 heteroatoms. The molecule has 4 aliphatic carbocycles. The van der Waals surface area contributed by atoms with Gasteiger partial charge in [-0.2, -0.15) is 10.4 Å². The van der Waals surface area contributed by atoms with Gasteiger partial charge >= 0.3 is 0 Å². The summed E-state index contributed by atoms with van der Waals surface area (Å²) in [4.78, 5) is 13.7. The summed E-state index contributed by atoms with van der Waals surface area (Å²) < 4.78 is 1.67. The second kappa shape index (κ2) is 8.77. The molecule has 0 radical (unpaired) electrons. The van der Waals surface area contributed by atoms with Crippen LogP contribution >= 0.6 is 0 Å². The molecule has 4 aliphatic rings. The normalized spacial score (nSPS) is 44.5. The van der Waals surface area contributed by atoms with E-state index in [0.29, 0.717) is 34.5 Å². The maximum atomic E-state index is 13.7. The number of carbonyl (C=O) groups is 1. The van der Waals surface area contributed by atoms with Gasteiger partial charge in [-0.25, -0.2) is 0 Å². The number of hydrogen-bond acceptors (Lipinski definition) is 4. The topological polar surface area (TPSA) is 78.9 Å². The summed E-state index contributed by atoms with van der Waals surface area (Å²) >= 11 is 0. The molecule has 0 amide bonds. The van der Waals surface area contributed by atoms with Crippen molar-refractivity contribution in [2.45, 2.75) is 110 Å². The second-order valence-electron chi connectivity index (χ2n) is 13.1. The molecule has 0 aromatic carbocycles. The van der Waals surface area contributed by atoms with E-state index in [1.165, 1.54) is 38.5 Å². The van der Waals surface area contributed by atoms with Crippen LogP contribution in [0.3, 0.4) is 0 Å². The monoisotopic (exact) mass is 465 g/mol. The van der Waals surface area contributed by atoms with E-state index in [4.69, 9.17) is 5.26 Å². The number of aromatic nitrogens is 2. The van der Waals surface area contributed by atoms with E-state index in [1.807, 2.05) is 0 Å². The molecule has 0 spiro atoms. The number of nitrogens with zero attached hydrogens (tertiary/aromatic N) is 3. The number of rotatable bonds is 3. The summed E-state index contributed by atoms with van der Waals surface area (Å²) in [6.45, 7) is 7.35. The zero-order valence-corrected chi connectivity index (χ0v) is 21.4. The van der Waals surface area contributed by atoms with E-state index in [0.717, 1.165) is 44.4 Å². The van der Waals surface area contributed by atoms with Crippen molar-refractivity contribution >= 4 is 5.78 Å². The number of hydrogen-bond donors (Lipinski definition) is 1. The van der Waals surface area contributed by atoms with Crippen LogP contribution in [0, 0.1) is 51.8 Å². The van der Waals surface area contributed by atoms with E-state index in [1.54, 1.807) is 17.1 Å². The Morgan fingerprint density at radius 1 is 1.06 bits per heavy atom. The number of carbonyl (C=O) groups excluding carboxylic acids is 1. The van der Waals surface area contributed by atoms with Crippen LogP contribution in [0.1, 0.15) is 103 Å². The average molecular weight is 466 g/mol. The molecule has 5 nitrogen and oxygen atoms in total. The smallest absolute Gasteiger partial charge is 0.157 e. The lowest BCUT2D eigenvalue weighted by Crippen LogP contribution is -2.54. The van der Waals surface area contributed by atoms with Crippen LogP contribution in [0.5, 0.6) is 0 Å². The standard InChI is InChI=1S/C29H43N3O2/c1-27(34)12-6-13-28(2)21(15-27)9-10-22-23-7-4-5-8-25(29(23,3)14-11-24(22)28)26(33)19-32-18-20(16-30)17-31-32/h17-18,21-25,34H,4-15,19H2,1-3H3/t21-,22+,23+,24+,25+,27-,28+,29+/m1/s1. The molecule has 1 aromatic rings. The first-order valence-electron chi connectivity index (χ1n) is 13.8. The Labute approximate surface area is 205 Å². The van der Waals surface area contributed by atoms with E-state index in [-0.39, 0.29) is 17.9 Å². The molecule has 1 N–H and O–H groups in total. The number of nitriles is 1. The van der Waals surface area contributed by atoms with Crippen LogP contribution in [0.25, 0.3) is 0 Å². The second-order valence-corrected chi connectivity index (χ2v) is 13.1. The first-order valence-corrected chi connectivity index (χ1v) is 13.8. The van der Waals surface area contributed by atoms with Crippen LogP contribution in [-0.2, 0) is 11.3 Å². The van der Waals surface area contributed by atoms with E-state index in [9.17, 15) is 9.90 Å². The van der Waals surface area contributed by atoms with Crippen LogP contribution in [-0.4, -0.2) is 26.3 Å². The highest BCUT2D eigenvalue weighted by Gasteiger charge is 2.59. The molecule has 5 rings (SSSR count). The molecule has 0 aliphatic heterocycles. The molecule has 1 heterocycles. The minimum Gasteiger partial charge on any atom is -0.390 e. The third kappa shape index (κ3) is 4.04. The molecule has 1 aromatic heterocycles. The Balaban J connectivity index is 1.40. The fraction of sp³-hybridized carbons (Fsp3) is 0.828. The summed E-state index contributed by atoms with van der Waals surface area (Å²) in [5, 5.41) is 24.3. The zero-order chi connectivity index (χ0) is 24.1. The minimum atomic E-state index is -0.504. The van der Waals surface area contributed by atoms with Crippen LogP contribution < -0.4 is 0 Å². The summed E-state index contributed by atoms with van der Waals surface area (Å²) in [5.74, 6) is 3.11. The Bertz CT molecular complexity index is 961. The van der Waals surface area contributed by atoms with Crippen molar-refractivity contribution in [3.05, 3.63) is 18.0 Å². The van der Waals surface area contributed by atoms with E-state index in [2.05, 4.69) is 31.9 Å². The van der Waals surface area contributed by atoms with Gasteiger partial charge in [0.15, 0.2) is 5.78 Å². The lowest BCUT2D eigenvalue weighted by Gasteiger charge is -2.61. The summed E-state index contributed by atoms with van der Waals surface area (Å²) in [6, 6.07) is 2.12. The minimum absolute atomic E-state index is 0.0688. The van der Waals surface area contributed by atoms with Crippen molar-refractivity contribution < 1.29 is 9.90 Å². The Morgan fingerprint density at radius 3 is 2.59 bits per heavy atom. The van der Waals surface area contributed by atoms with Gasteiger partial charge in [-0.15, -0.1) is 0 Å². The highest BCUT2D eigenvalue weighted by molar-refractivity contribution is 5.81. The average Bonchev–Trinajstić information content (AvgIpc) is 3.09. The number of aliphatic hydroxyl groups is 1. The van der Waals surface area contributed by atoms with Crippen molar-refractivity contribution in [2.24, 2.45) is 40.4 Å². The van der Waals surface area contributed by atoms with E-state index < -0.39 is 5.60 Å². The molecule has 34 heavy (non-hydrogen) atoms. The first-order chi connectivity index (χ1) is 16.2. The van der Waals surface area contributed by atoms with Gasteiger partial charge in [-0.05, 0) is 99.2 Å². The number of Topliss-reactive ketones (excluding diaryl/α,β-unsaturated/α-hetero) is 1. The molecule has 0 unspecified atom stereocenters. The quantitative estimate of drug-likeness (QED) is 0.602. The largest absolute Gasteiger partial charge is 0.390 e. The summed E-state index contributed by atoms with van der Waals surface area (Å²) in [6.07, 6.45) is 17.1. The van der Waals surface area contributed by atoms with Gasteiger partial charge in [0, 0.05) is 12.1 Å². The Morgan fingerprint density at radius 2 is 1.82 bits per heavy atom. The van der Waals surface area contributed by atoms with Gasteiger partial charge in [0.25, 0.3) is 0 Å². The summed E-state index contributed by atoms with van der Waals surface area (Å²) in [5.41, 5.74) is 0.417. The van der Waals surface area contributed by atoms with Crippen molar-refractivity contribution in [1.82, 2.24) is 9.78 Å². The van der Waals surface area contributed by atoms with Gasteiger partial charge in [-0.3, -0.25) is 9.48 Å². The van der Waals surface area contributed by atoms with Crippen molar-refractivity contribution in [3.63, 3.8) is 0 Å². The van der Waals surface area contributed by atoms with Gasteiger partial charge < -0.3 is 5.11 Å². The molecule has 8 atom stereocenters. The van der Waals surface area contributed by atoms with Crippen LogP contribution in [0.4, 0.5) is 0 Å². The third-order valence-corrected chi connectivity index (χ3v) is 11.1. The van der Waals surface area contributed by atoms with Crippen molar-refractivity contribution in [2.75, 3.05) is 0 Å². The molecule has 0 bridgehead atoms. The number of fused-ring (bicyclic) bond motifs is 5. The van der Waals surface area contributed by atoms with Gasteiger partial charge in [0.1, 0.15) is 6.07 Å². The fourth-order valence-corrected chi connectivity index (χ4v) is 9.42. The van der Waals surface area contributed by atoms with Crippen LogP contribution in [0.2, 0.25) is 0 Å². The highest BCUT2D eigenvalue weighted by atomic mass is 16.3. The van der Waals surface area contributed by atoms with Gasteiger partial charge in [0.2, 0.25) is 0 Å². The molecular formula is C29H43N3O2. The lowest BCUT2D eigenvalue weighted by atomic mass is 9.44. The summed E-state index contributed by atoms with van der Waals surface area (Å²) in [7, 11) is 0. The van der Waals surface area contributed by atoms with Crippen molar-refractivity contribution in [1.29, 1.82) is 5.26 Å². The molecule has 186 valence electrons. The maximum absolute atomic E-state index is 13.7. The van der Waals surface area contributed by atoms with Crippen molar-refractivity contribution in [3.8, 4) is 6.07 Å². The first kappa shape index (κ1) is 24.0. The van der Waals surface area contributed by atoms with E-state index >= 15 is 0 Å². The third-order valence-electron chi connectivity index (χ3n) is 11.1. The predicted octanol–water partition coefficient (Wildman–Crippen LogP) is 5.90.